The van der Waals surface area contributed by atoms with E-state index in [2.05, 4.69) is 0 Å². The summed E-state index contributed by atoms with van der Waals surface area (Å²) < 4.78 is 32.6. The van der Waals surface area contributed by atoms with E-state index in [0.29, 0.717) is 38.5 Å². The Hall–Kier alpha value is -2.58. The van der Waals surface area contributed by atoms with E-state index < -0.39 is 10.0 Å². The summed E-state index contributed by atoms with van der Waals surface area (Å²) >= 11 is 0. The molecule has 2 heterocycles. The van der Waals surface area contributed by atoms with Crippen molar-refractivity contribution in [1.82, 2.24) is 14.1 Å². The zero-order valence-electron chi connectivity index (χ0n) is 15.7. The molecule has 2 aliphatic heterocycles. The van der Waals surface area contributed by atoms with Gasteiger partial charge in [0.05, 0.1) is 18.0 Å². The van der Waals surface area contributed by atoms with Crippen molar-refractivity contribution < 1.29 is 17.9 Å². The molecule has 0 aromatic heterocycles. The van der Waals surface area contributed by atoms with Crippen LogP contribution in [0.2, 0.25) is 0 Å². The van der Waals surface area contributed by atoms with Gasteiger partial charge in [0, 0.05) is 32.7 Å². The van der Waals surface area contributed by atoms with Crippen LogP contribution in [0.5, 0.6) is 5.75 Å². The molecule has 0 N–H and O–H groups in total. The lowest BCUT2D eigenvalue weighted by atomic mass is 10.2. The van der Waals surface area contributed by atoms with Crippen LogP contribution < -0.4 is 4.74 Å². The van der Waals surface area contributed by atoms with E-state index in [1.807, 2.05) is 30.3 Å². The molecule has 0 bridgehead atoms. The van der Waals surface area contributed by atoms with E-state index in [1.54, 1.807) is 41.2 Å². The minimum Gasteiger partial charge on any atom is -0.497 e. The Morgan fingerprint density at radius 3 is 2.39 bits per heavy atom. The monoisotopic (exact) mass is 401 g/mol. The predicted octanol–water partition coefficient (Wildman–Crippen LogP) is 2.01. The first kappa shape index (κ1) is 18.8. The lowest BCUT2D eigenvalue weighted by Gasteiger charge is -2.35. The van der Waals surface area contributed by atoms with Crippen LogP contribution in [0.4, 0.5) is 4.79 Å². The van der Waals surface area contributed by atoms with Crippen molar-refractivity contribution in [2.75, 3.05) is 33.3 Å². The average Bonchev–Trinajstić information content (AvgIpc) is 3.03. The van der Waals surface area contributed by atoms with Gasteiger partial charge in [-0.1, -0.05) is 30.3 Å². The number of sulfonamides is 1. The number of piperazine rings is 1. The molecule has 2 amide bonds. The molecular weight excluding hydrogens is 378 g/mol. The molecule has 0 spiro atoms. The van der Waals surface area contributed by atoms with Gasteiger partial charge in [0.1, 0.15) is 5.75 Å². The molecule has 2 aliphatic rings. The SMILES string of the molecule is COc1ccc(S(=O)(=O)N2CCN3C(=O)N(Cc4ccccc4)CC3C2)cc1. The zero-order valence-corrected chi connectivity index (χ0v) is 16.5. The second kappa shape index (κ2) is 7.44. The second-order valence-corrected chi connectivity index (χ2v) is 8.97. The molecule has 0 radical (unpaired) electrons. The van der Waals surface area contributed by atoms with Gasteiger partial charge in [0.15, 0.2) is 0 Å². The third kappa shape index (κ3) is 3.45. The highest BCUT2D eigenvalue weighted by molar-refractivity contribution is 7.89. The zero-order chi connectivity index (χ0) is 19.7. The molecule has 1 unspecified atom stereocenters. The molecule has 2 fully saturated rings. The van der Waals surface area contributed by atoms with Crippen molar-refractivity contribution in [2.24, 2.45) is 0 Å². The van der Waals surface area contributed by atoms with Gasteiger partial charge >= 0.3 is 6.03 Å². The summed E-state index contributed by atoms with van der Waals surface area (Å²) in [7, 11) is -2.06. The summed E-state index contributed by atoms with van der Waals surface area (Å²) in [6.45, 7) is 2.09. The van der Waals surface area contributed by atoms with Gasteiger partial charge in [0.2, 0.25) is 10.0 Å². The highest BCUT2D eigenvalue weighted by Gasteiger charge is 2.43. The van der Waals surface area contributed by atoms with E-state index >= 15 is 0 Å². The number of benzene rings is 2. The summed E-state index contributed by atoms with van der Waals surface area (Å²) in [6, 6.07) is 16.1. The lowest BCUT2D eigenvalue weighted by molar-refractivity contribution is 0.159. The molecule has 1 atom stereocenters. The number of carbonyl (C=O) groups is 1. The standard InChI is InChI=1S/C20H23N3O4S/c1-27-18-7-9-19(10-8-18)28(25,26)22-11-12-23-17(15-22)14-21(20(23)24)13-16-5-3-2-4-6-16/h2-10,17H,11-15H2,1H3. The fourth-order valence-corrected chi connectivity index (χ4v) is 5.27. The first-order valence-corrected chi connectivity index (χ1v) is 10.7. The topological polar surface area (TPSA) is 70.2 Å². The smallest absolute Gasteiger partial charge is 0.320 e. The Morgan fingerprint density at radius 1 is 1.00 bits per heavy atom. The summed E-state index contributed by atoms with van der Waals surface area (Å²) in [4.78, 5) is 16.5. The Labute approximate surface area is 165 Å². The molecule has 2 aromatic carbocycles. The van der Waals surface area contributed by atoms with E-state index in [9.17, 15) is 13.2 Å². The van der Waals surface area contributed by atoms with Crippen molar-refractivity contribution in [2.45, 2.75) is 17.5 Å². The number of fused-ring (bicyclic) bond motifs is 1. The Bertz CT molecular complexity index is 947. The molecule has 2 saturated heterocycles. The quantitative estimate of drug-likeness (QED) is 0.769. The molecule has 0 saturated carbocycles. The summed E-state index contributed by atoms with van der Waals surface area (Å²) in [5.74, 6) is 0.613. The maximum absolute atomic E-state index is 13.0. The number of methoxy groups -OCH3 is 1. The number of hydrogen-bond acceptors (Lipinski definition) is 4. The largest absolute Gasteiger partial charge is 0.497 e. The van der Waals surface area contributed by atoms with Crippen molar-refractivity contribution >= 4 is 16.1 Å². The van der Waals surface area contributed by atoms with E-state index in [4.69, 9.17) is 4.74 Å². The van der Waals surface area contributed by atoms with Gasteiger partial charge in [-0.25, -0.2) is 13.2 Å². The Balaban J connectivity index is 1.47. The van der Waals surface area contributed by atoms with Crippen LogP contribution in [0, 0.1) is 0 Å². The molecule has 148 valence electrons. The number of rotatable bonds is 5. The number of nitrogens with zero attached hydrogens (tertiary/aromatic N) is 3. The van der Waals surface area contributed by atoms with E-state index in [0.717, 1.165) is 5.56 Å². The van der Waals surface area contributed by atoms with Crippen LogP contribution >= 0.6 is 0 Å². The summed E-state index contributed by atoms with van der Waals surface area (Å²) in [5, 5.41) is 0. The minimum absolute atomic E-state index is 0.0182. The number of urea groups is 1. The second-order valence-electron chi connectivity index (χ2n) is 7.03. The number of carbonyl (C=O) groups excluding carboxylic acids is 1. The first-order valence-electron chi connectivity index (χ1n) is 9.23. The Kier molecular flexibility index (Phi) is 4.99. The van der Waals surface area contributed by atoms with Crippen LogP contribution in [0.3, 0.4) is 0 Å². The number of amides is 2. The maximum atomic E-state index is 13.0. The van der Waals surface area contributed by atoms with Gasteiger partial charge in [-0.05, 0) is 29.8 Å². The average molecular weight is 401 g/mol. The normalized spacial score (nSPS) is 20.3. The van der Waals surface area contributed by atoms with Crippen molar-refractivity contribution in [3.63, 3.8) is 0 Å². The number of ether oxygens (including phenoxy) is 1. The first-order chi connectivity index (χ1) is 13.5. The van der Waals surface area contributed by atoms with Crippen LogP contribution in [-0.4, -0.2) is 67.9 Å². The minimum atomic E-state index is -3.60. The third-order valence-electron chi connectivity index (χ3n) is 5.31. The van der Waals surface area contributed by atoms with E-state index in [-0.39, 0.29) is 17.0 Å². The molecule has 0 aliphatic carbocycles. The van der Waals surface area contributed by atoms with E-state index in [1.165, 1.54) is 4.31 Å². The van der Waals surface area contributed by atoms with Crippen molar-refractivity contribution in [3.05, 3.63) is 60.2 Å². The molecule has 4 rings (SSSR count). The highest BCUT2D eigenvalue weighted by Crippen LogP contribution is 2.26. The third-order valence-corrected chi connectivity index (χ3v) is 7.19. The highest BCUT2D eigenvalue weighted by atomic mass is 32.2. The van der Waals surface area contributed by atoms with Crippen LogP contribution in [0.25, 0.3) is 0 Å². The fourth-order valence-electron chi connectivity index (χ4n) is 3.80. The van der Waals surface area contributed by atoms with Gasteiger partial charge in [-0.15, -0.1) is 0 Å². The van der Waals surface area contributed by atoms with Crippen LogP contribution in [0.15, 0.2) is 59.5 Å². The van der Waals surface area contributed by atoms with Crippen LogP contribution in [-0.2, 0) is 16.6 Å². The lowest BCUT2D eigenvalue weighted by Crippen LogP contribution is -2.53. The fraction of sp³-hybridized carbons (Fsp3) is 0.350. The summed E-state index contributed by atoms with van der Waals surface area (Å²) in [6.07, 6.45) is 0. The molecule has 28 heavy (non-hydrogen) atoms. The van der Waals surface area contributed by atoms with Crippen molar-refractivity contribution in [3.8, 4) is 5.75 Å². The van der Waals surface area contributed by atoms with Crippen LogP contribution in [0.1, 0.15) is 5.56 Å². The van der Waals surface area contributed by atoms with Crippen molar-refractivity contribution in [1.29, 1.82) is 0 Å². The molecule has 8 heteroatoms. The predicted molar refractivity (Wildman–Crippen MR) is 104 cm³/mol. The van der Waals surface area contributed by atoms with Gasteiger partial charge in [-0.2, -0.15) is 4.31 Å². The molecule has 2 aromatic rings. The number of hydrogen-bond donors (Lipinski definition) is 0. The summed E-state index contributed by atoms with van der Waals surface area (Å²) in [5.41, 5.74) is 1.07. The molecule has 7 nitrogen and oxygen atoms in total. The van der Waals surface area contributed by atoms with Gasteiger partial charge in [-0.3, -0.25) is 0 Å². The molecular formula is C20H23N3O4S. The Morgan fingerprint density at radius 2 is 1.71 bits per heavy atom. The van der Waals surface area contributed by atoms with Gasteiger partial charge in [0.25, 0.3) is 0 Å². The van der Waals surface area contributed by atoms with Gasteiger partial charge < -0.3 is 14.5 Å². The maximum Gasteiger partial charge on any atom is 0.320 e.